The van der Waals surface area contributed by atoms with Crippen LogP contribution in [0, 0.1) is 16.7 Å². The van der Waals surface area contributed by atoms with Crippen LogP contribution < -0.4 is 0 Å². The van der Waals surface area contributed by atoms with E-state index in [4.69, 9.17) is 5.26 Å². The van der Waals surface area contributed by atoms with Crippen LogP contribution in [0.2, 0.25) is 0 Å². The van der Waals surface area contributed by atoms with Gasteiger partial charge in [0.15, 0.2) is 9.84 Å². The molecule has 0 spiro atoms. The number of sulfone groups is 1. The maximum atomic E-state index is 12.3. The van der Waals surface area contributed by atoms with Crippen LogP contribution in [0.3, 0.4) is 0 Å². The van der Waals surface area contributed by atoms with Crippen LogP contribution in [-0.2, 0) is 22.7 Å². The summed E-state index contributed by atoms with van der Waals surface area (Å²) in [6, 6.07) is 7.60. The summed E-state index contributed by atoms with van der Waals surface area (Å²) in [6.45, 7) is 3.54. The molecule has 2 rings (SSSR count). The van der Waals surface area contributed by atoms with E-state index in [9.17, 15) is 8.42 Å². The van der Waals surface area contributed by atoms with Gasteiger partial charge >= 0.3 is 0 Å². The van der Waals surface area contributed by atoms with Crippen molar-refractivity contribution in [3.05, 3.63) is 29.3 Å². The maximum absolute atomic E-state index is 12.3. The molecule has 1 aliphatic carbocycles. The topological polar surface area (TPSA) is 57.9 Å². The first-order chi connectivity index (χ1) is 8.84. The fraction of sp³-hybridized carbons (Fsp3) is 0.533. The van der Waals surface area contributed by atoms with Gasteiger partial charge in [-0.1, -0.05) is 6.07 Å². The molecule has 4 heteroatoms. The van der Waals surface area contributed by atoms with Crippen molar-refractivity contribution in [1.82, 2.24) is 0 Å². The maximum Gasteiger partial charge on any atom is 0.178 e. The van der Waals surface area contributed by atoms with Gasteiger partial charge in [0.1, 0.15) is 0 Å². The molecule has 0 bridgehead atoms. The van der Waals surface area contributed by atoms with E-state index in [2.05, 4.69) is 6.07 Å². The molecule has 0 saturated heterocycles. The van der Waals surface area contributed by atoms with Gasteiger partial charge in [-0.25, -0.2) is 8.42 Å². The van der Waals surface area contributed by atoms with Crippen LogP contribution in [0.25, 0.3) is 0 Å². The Labute approximate surface area is 115 Å². The molecule has 102 valence electrons. The average molecular weight is 277 g/mol. The van der Waals surface area contributed by atoms with E-state index in [-0.39, 0.29) is 5.75 Å². The quantitative estimate of drug-likeness (QED) is 0.850. The van der Waals surface area contributed by atoms with Crippen molar-refractivity contribution in [3.63, 3.8) is 0 Å². The lowest BCUT2D eigenvalue weighted by molar-refractivity contribution is 0.473. The first-order valence-electron chi connectivity index (χ1n) is 6.60. The second-order valence-corrected chi connectivity index (χ2v) is 7.96. The molecule has 1 aromatic rings. The van der Waals surface area contributed by atoms with Crippen molar-refractivity contribution in [1.29, 1.82) is 5.26 Å². The Bertz CT molecular complexity index is 624. The molecule has 0 fully saturated rings. The zero-order chi connectivity index (χ0) is 14.1. The van der Waals surface area contributed by atoms with E-state index >= 15 is 0 Å². The molecular weight excluding hydrogens is 258 g/mol. The van der Waals surface area contributed by atoms with Crippen LogP contribution in [0.1, 0.15) is 37.8 Å². The summed E-state index contributed by atoms with van der Waals surface area (Å²) in [7, 11) is -3.28. The number of hydrogen-bond acceptors (Lipinski definition) is 3. The summed E-state index contributed by atoms with van der Waals surface area (Å²) in [6.07, 6.45) is 3.50. The molecular formula is C15H19NO2S. The van der Waals surface area contributed by atoms with Crippen molar-refractivity contribution in [2.45, 2.75) is 44.4 Å². The molecule has 0 atom stereocenters. The summed E-state index contributed by atoms with van der Waals surface area (Å²) >= 11 is 0. The Morgan fingerprint density at radius 2 is 1.95 bits per heavy atom. The van der Waals surface area contributed by atoms with Crippen LogP contribution in [0.15, 0.2) is 23.1 Å². The van der Waals surface area contributed by atoms with E-state index in [1.54, 1.807) is 19.9 Å². The third-order valence-corrected chi connectivity index (χ3v) is 5.44. The predicted molar refractivity (Wildman–Crippen MR) is 74.5 cm³/mol. The normalized spacial score (nSPS) is 15.0. The highest BCUT2D eigenvalue weighted by Crippen LogP contribution is 2.27. The van der Waals surface area contributed by atoms with Crippen molar-refractivity contribution in [2.24, 2.45) is 5.41 Å². The standard InChI is InChI=1S/C15H19NO2S/c1-15(2,11-16)8-9-19(17,18)14-7-6-12-4-3-5-13(12)10-14/h6-7,10H,3-5,8-9H2,1-2H3. The third-order valence-electron chi connectivity index (χ3n) is 3.73. The molecule has 1 aromatic carbocycles. The summed E-state index contributed by atoms with van der Waals surface area (Å²) in [5.41, 5.74) is 1.85. The first kappa shape index (κ1) is 14.1. The fourth-order valence-corrected chi connectivity index (χ4v) is 3.92. The minimum Gasteiger partial charge on any atom is -0.224 e. The van der Waals surface area contributed by atoms with Crippen molar-refractivity contribution < 1.29 is 8.42 Å². The van der Waals surface area contributed by atoms with E-state index < -0.39 is 15.3 Å². The third kappa shape index (κ3) is 3.16. The van der Waals surface area contributed by atoms with Crippen molar-refractivity contribution in [2.75, 3.05) is 5.75 Å². The van der Waals surface area contributed by atoms with E-state index in [1.807, 2.05) is 12.1 Å². The average Bonchev–Trinajstić information content (AvgIpc) is 2.84. The summed E-state index contributed by atoms with van der Waals surface area (Å²) in [5.74, 6) is 0.0341. The lowest BCUT2D eigenvalue weighted by atomic mass is 9.93. The number of rotatable bonds is 4. The van der Waals surface area contributed by atoms with Crippen LogP contribution in [-0.4, -0.2) is 14.2 Å². The van der Waals surface area contributed by atoms with Crippen molar-refractivity contribution >= 4 is 9.84 Å². The van der Waals surface area contributed by atoms with Gasteiger partial charge in [0.2, 0.25) is 0 Å². The summed E-state index contributed by atoms with van der Waals surface area (Å²) in [5, 5.41) is 8.94. The Morgan fingerprint density at radius 1 is 1.26 bits per heavy atom. The van der Waals surface area contributed by atoms with Crippen molar-refractivity contribution in [3.8, 4) is 6.07 Å². The zero-order valence-electron chi connectivity index (χ0n) is 11.4. The number of hydrogen-bond donors (Lipinski definition) is 0. The molecule has 0 amide bonds. The van der Waals surface area contributed by atoms with Gasteiger partial charge < -0.3 is 0 Å². The largest absolute Gasteiger partial charge is 0.224 e. The number of fused-ring (bicyclic) bond motifs is 1. The van der Waals surface area contributed by atoms with E-state index in [0.717, 1.165) is 19.3 Å². The molecule has 19 heavy (non-hydrogen) atoms. The number of benzene rings is 1. The molecule has 0 radical (unpaired) electrons. The predicted octanol–water partition coefficient (Wildman–Crippen LogP) is 2.89. The lowest BCUT2D eigenvalue weighted by Gasteiger charge is -2.15. The fourth-order valence-electron chi connectivity index (χ4n) is 2.30. The van der Waals surface area contributed by atoms with E-state index in [1.165, 1.54) is 11.1 Å². The van der Waals surface area contributed by atoms with Crippen LogP contribution in [0.4, 0.5) is 0 Å². The summed E-state index contributed by atoms with van der Waals surface area (Å²) in [4.78, 5) is 0.405. The van der Waals surface area contributed by atoms with E-state index in [0.29, 0.717) is 11.3 Å². The Kier molecular flexibility index (Phi) is 3.69. The molecule has 3 nitrogen and oxygen atoms in total. The first-order valence-corrected chi connectivity index (χ1v) is 8.25. The smallest absolute Gasteiger partial charge is 0.178 e. The monoisotopic (exact) mass is 277 g/mol. The lowest BCUT2D eigenvalue weighted by Crippen LogP contribution is -2.16. The summed E-state index contributed by atoms with van der Waals surface area (Å²) < 4.78 is 24.6. The zero-order valence-corrected chi connectivity index (χ0v) is 12.3. The molecule has 0 aliphatic heterocycles. The highest BCUT2D eigenvalue weighted by molar-refractivity contribution is 7.91. The van der Waals surface area contributed by atoms with Gasteiger partial charge in [-0.3, -0.25) is 0 Å². The molecule has 0 heterocycles. The second-order valence-electron chi connectivity index (χ2n) is 5.85. The number of aryl methyl sites for hydroxylation is 2. The molecule has 0 unspecified atom stereocenters. The Hall–Kier alpha value is -1.34. The van der Waals surface area contributed by atoms with Gasteiger partial charge in [0, 0.05) is 0 Å². The van der Waals surface area contributed by atoms with Crippen LogP contribution >= 0.6 is 0 Å². The van der Waals surface area contributed by atoms with Gasteiger partial charge in [0.05, 0.1) is 22.1 Å². The van der Waals surface area contributed by atoms with Gasteiger partial charge in [-0.05, 0) is 62.8 Å². The molecule has 0 saturated carbocycles. The molecule has 1 aliphatic rings. The Morgan fingerprint density at radius 3 is 2.63 bits per heavy atom. The minimum absolute atomic E-state index is 0.0341. The van der Waals surface area contributed by atoms with Crippen LogP contribution in [0.5, 0.6) is 0 Å². The number of nitrogens with zero attached hydrogens (tertiary/aromatic N) is 1. The number of nitriles is 1. The highest BCUT2D eigenvalue weighted by atomic mass is 32.2. The SMILES string of the molecule is CC(C)(C#N)CCS(=O)(=O)c1ccc2c(c1)CCC2. The molecule has 0 aromatic heterocycles. The minimum atomic E-state index is -3.28. The van der Waals surface area contributed by atoms with Gasteiger partial charge in [-0.2, -0.15) is 5.26 Å². The van der Waals surface area contributed by atoms with Gasteiger partial charge in [0.25, 0.3) is 0 Å². The molecule has 0 N–H and O–H groups in total. The van der Waals surface area contributed by atoms with Gasteiger partial charge in [-0.15, -0.1) is 0 Å². The highest BCUT2D eigenvalue weighted by Gasteiger charge is 2.23. The Balaban J connectivity index is 2.19. The second kappa shape index (κ2) is 4.97.